The van der Waals surface area contributed by atoms with Crippen LogP contribution < -0.4 is 5.32 Å². The van der Waals surface area contributed by atoms with Crippen molar-refractivity contribution in [2.45, 2.75) is 96.3 Å². The van der Waals surface area contributed by atoms with Crippen LogP contribution >= 0.6 is 0 Å². The van der Waals surface area contributed by atoms with E-state index < -0.39 is 0 Å². The third-order valence-corrected chi connectivity index (χ3v) is 4.48. The van der Waals surface area contributed by atoms with Crippen molar-refractivity contribution in [2.75, 3.05) is 20.3 Å². The van der Waals surface area contributed by atoms with Gasteiger partial charge in [-0.05, 0) is 26.3 Å². The summed E-state index contributed by atoms with van der Waals surface area (Å²) in [6.07, 6.45) is 14.0. The summed E-state index contributed by atoms with van der Waals surface area (Å²) in [6, 6.07) is 0.508. The molecule has 21 heavy (non-hydrogen) atoms. The molecule has 0 aromatic rings. The zero-order chi connectivity index (χ0) is 15.3. The van der Waals surface area contributed by atoms with Crippen LogP contribution in [-0.4, -0.2) is 38.5 Å². The maximum atomic E-state index is 6.31. The molecule has 0 saturated heterocycles. The molecule has 3 heteroatoms. The maximum absolute atomic E-state index is 6.31. The van der Waals surface area contributed by atoms with E-state index in [4.69, 9.17) is 9.47 Å². The third-order valence-electron chi connectivity index (χ3n) is 4.48. The average Bonchev–Trinajstić information content (AvgIpc) is 2.45. The van der Waals surface area contributed by atoms with Gasteiger partial charge in [-0.25, -0.2) is 0 Å². The maximum Gasteiger partial charge on any atom is 0.0784 e. The van der Waals surface area contributed by atoms with E-state index in [-0.39, 0.29) is 6.10 Å². The van der Waals surface area contributed by atoms with Crippen LogP contribution in [0.1, 0.15) is 78.1 Å². The Balaban J connectivity index is 2.56. The molecule has 0 amide bonds. The highest BCUT2D eigenvalue weighted by atomic mass is 16.5. The van der Waals surface area contributed by atoms with Gasteiger partial charge in [0.1, 0.15) is 0 Å². The van der Waals surface area contributed by atoms with Crippen LogP contribution in [0.4, 0.5) is 0 Å². The highest BCUT2D eigenvalue weighted by Crippen LogP contribution is 2.20. The molecule has 1 fully saturated rings. The van der Waals surface area contributed by atoms with Crippen LogP contribution in [0.15, 0.2) is 0 Å². The number of ether oxygens (including phenoxy) is 2. The van der Waals surface area contributed by atoms with Crippen LogP contribution in [0.5, 0.6) is 0 Å². The molecule has 0 spiro atoms. The number of likely N-dealkylation sites (N-methyl/N-ethyl adjacent to an activating group) is 1. The first-order chi connectivity index (χ1) is 10.3. The van der Waals surface area contributed by atoms with Crippen LogP contribution in [0.25, 0.3) is 0 Å². The van der Waals surface area contributed by atoms with Crippen molar-refractivity contribution in [1.82, 2.24) is 5.32 Å². The predicted molar refractivity (Wildman–Crippen MR) is 89.8 cm³/mol. The van der Waals surface area contributed by atoms with Gasteiger partial charge < -0.3 is 14.8 Å². The molecule has 1 aliphatic rings. The second-order valence-corrected chi connectivity index (χ2v) is 6.51. The summed E-state index contributed by atoms with van der Waals surface area (Å²) in [5.74, 6) is 0. The summed E-state index contributed by atoms with van der Waals surface area (Å²) in [7, 11) is 1.75. The van der Waals surface area contributed by atoms with E-state index in [1.165, 1.54) is 64.2 Å². The minimum atomic E-state index is 0.189. The fourth-order valence-electron chi connectivity index (χ4n) is 3.39. The zero-order valence-corrected chi connectivity index (χ0v) is 14.5. The van der Waals surface area contributed by atoms with Gasteiger partial charge in [-0.15, -0.1) is 0 Å². The quantitative estimate of drug-likeness (QED) is 0.793. The zero-order valence-electron chi connectivity index (χ0n) is 14.5. The second kappa shape index (κ2) is 12.4. The highest BCUT2D eigenvalue weighted by Gasteiger charge is 2.23. The Bertz CT molecular complexity index is 235. The van der Waals surface area contributed by atoms with E-state index >= 15 is 0 Å². The van der Waals surface area contributed by atoms with Crippen molar-refractivity contribution in [3.63, 3.8) is 0 Å². The molecule has 1 N–H and O–H groups in total. The summed E-state index contributed by atoms with van der Waals surface area (Å²) < 4.78 is 11.5. The van der Waals surface area contributed by atoms with Crippen molar-refractivity contribution < 1.29 is 9.47 Å². The van der Waals surface area contributed by atoms with Gasteiger partial charge in [0.05, 0.1) is 18.8 Å². The SMILES string of the molecule is CCNC1CCCCCCCCCCC1OC(C)COC. The molecule has 0 heterocycles. The molecule has 1 aliphatic carbocycles. The number of methoxy groups -OCH3 is 1. The molecule has 0 aromatic heterocycles. The van der Waals surface area contributed by atoms with Crippen molar-refractivity contribution >= 4 is 0 Å². The molecule has 126 valence electrons. The first-order valence-corrected chi connectivity index (χ1v) is 9.15. The van der Waals surface area contributed by atoms with E-state index in [1.807, 2.05) is 0 Å². The van der Waals surface area contributed by atoms with Crippen molar-refractivity contribution in [3.8, 4) is 0 Å². The van der Waals surface area contributed by atoms with E-state index in [1.54, 1.807) is 7.11 Å². The fraction of sp³-hybridized carbons (Fsp3) is 1.00. The average molecular weight is 299 g/mol. The largest absolute Gasteiger partial charge is 0.382 e. The van der Waals surface area contributed by atoms with E-state index in [2.05, 4.69) is 19.2 Å². The third kappa shape index (κ3) is 8.80. The molecule has 3 nitrogen and oxygen atoms in total. The molecule has 0 aliphatic heterocycles. The monoisotopic (exact) mass is 299 g/mol. The smallest absolute Gasteiger partial charge is 0.0784 e. The fourth-order valence-corrected chi connectivity index (χ4v) is 3.39. The van der Waals surface area contributed by atoms with Crippen LogP contribution in [0, 0.1) is 0 Å². The summed E-state index contributed by atoms with van der Waals surface area (Å²) in [5.41, 5.74) is 0. The summed E-state index contributed by atoms with van der Waals surface area (Å²) >= 11 is 0. The van der Waals surface area contributed by atoms with Gasteiger partial charge in [0.25, 0.3) is 0 Å². The Kier molecular flexibility index (Phi) is 11.2. The number of nitrogens with one attached hydrogen (secondary N) is 1. The number of rotatable bonds is 6. The van der Waals surface area contributed by atoms with E-state index in [9.17, 15) is 0 Å². The van der Waals surface area contributed by atoms with Gasteiger partial charge in [0, 0.05) is 13.2 Å². The van der Waals surface area contributed by atoms with Crippen molar-refractivity contribution in [1.29, 1.82) is 0 Å². The number of hydrogen-bond acceptors (Lipinski definition) is 3. The van der Waals surface area contributed by atoms with Gasteiger partial charge in [-0.2, -0.15) is 0 Å². The lowest BCUT2D eigenvalue weighted by molar-refractivity contribution is -0.0585. The molecule has 0 aromatic carbocycles. The first kappa shape index (κ1) is 18.9. The Hall–Kier alpha value is -0.120. The van der Waals surface area contributed by atoms with Crippen LogP contribution in [0.2, 0.25) is 0 Å². The Morgan fingerprint density at radius 1 is 0.952 bits per heavy atom. The normalized spacial score (nSPS) is 27.6. The topological polar surface area (TPSA) is 30.5 Å². The molecule has 3 atom stereocenters. The van der Waals surface area contributed by atoms with Gasteiger partial charge in [-0.1, -0.05) is 58.3 Å². The summed E-state index contributed by atoms with van der Waals surface area (Å²) in [5, 5.41) is 3.67. The second-order valence-electron chi connectivity index (χ2n) is 6.51. The van der Waals surface area contributed by atoms with Crippen molar-refractivity contribution in [2.24, 2.45) is 0 Å². The highest BCUT2D eigenvalue weighted by molar-refractivity contribution is 4.78. The molecule has 1 saturated carbocycles. The van der Waals surface area contributed by atoms with E-state index in [0.29, 0.717) is 18.8 Å². The Morgan fingerprint density at radius 2 is 1.52 bits per heavy atom. The lowest BCUT2D eigenvalue weighted by Crippen LogP contribution is -2.43. The van der Waals surface area contributed by atoms with Gasteiger partial charge in [0.2, 0.25) is 0 Å². The minimum absolute atomic E-state index is 0.189. The number of hydrogen-bond donors (Lipinski definition) is 1. The summed E-state index contributed by atoms with van der Waals surface area (Å²) in [6.45, 7) is 6.05. The van der Waals surface area contributed by atoms with E-state index in [0.717, 1.165) is 6.54 Å². The minimum Gasteiger partial charge on any atom is -0.382 e. The first-order valence-electron chi connectivity index (χ1n) is 9.15. The van der Waals surface area contributed by atoms with Crippen LogP contribution in [0.3, 0.4) is 0 Å². The van der Waals surface area contributed by atoms with Gasteiger partial charge in [-0.3, -0.25) is 0 Å². The molecule has 0 radical (unpaired) electrons. The van der Waals surface area contributed by atoms with Gasteiger partial charge >= 0.3 is 0 Å². The Labute approximate surface area is 132 Å². The standard InChI is InChI=1S/C18H37NO2/c1-4-19-17-13-11-9-7-5-6-8-10-12-14-18(17)21-16(2)15-20-3/h16-19H,4-15H2,1-3H3. The molecule has 3 unspecified atom stereocenters. The summed E-state index contributed by atoms with van der Waals surface area (Å²) in [4.78, 5) is 0. The van der Waals surface area contributed by atoms with Crippen LogP contribution in [-0.2, 0) is 9.47 Å². The molecular formula is C18H37NO2. The van der Waals surface area contributed by atoms with Crippen molar-refractivity contribution in [3.05, 3.63) is 0 Å². The molecule has 0 bridgehead atoms. The Morgan fingerprint density at radius 3 is 2.10 bits per heavy atom. The lowest BCUT2D eigenvalue weighted by Gasteiger charge is -2.31. The van der Waals surface area contributed by atoms with Gasteiger partial charge in [0.15, 0.2) is 0 Å². The molecule has 1 rings (SSSR count). The predicted octanol–water partition coefficient (Wildman–Crippen LogP) is 4.30. The molecular weight excluding hydrogens is 262 g/mol. The lowest BCUT2D eigenvalue weighted by atomic mass is 9.95.